The van der Waals surface area contributed by atoms with E-state index in [0.29, 0.717) is 0 Å². The molecule has 0 amide bonds. The third-order valence-corrected chi connectivity index (χ3v) is 4.46. The Morgan fingerprint density at radius 3 is 1.47 bits per heavy atom. The van der Waals surface area contributed by atoms with Gasteiger partial charge in [-0.05, 0) is 36.8 Å². The second-order valence-corrected chi connectivity index (χ2v) is 6.76. The first kappa shape index (κ1) is 19.7. The number of halogens is 1. The van der Waals surface area contributed by atoms with Crippen LogP contribution in [0.4, 0.5) is 0 Å². The molecule has 0 aromatic heterocycles. The lowest BCUT2D eigenvalue weighted by atomic mass is 10.1. The number of alkyl halides is 1. The van der Waals surface area contributed by atoms with Crippen LogP contribution in [0.1, 0.15) is 90.4 Å². The highest BCUT2D eigenvalue weighted by Gasteiger charge is 1.93. The van der Waals surface area contributed by atoms with Crippen molar-refractivity contribution in [2.24, 2.45) is 0 Å². The van der Waals surface area contributed by atoms with Gasteiger partial charge in [0.15, 0.2) is 0 Å². The van der Waals surface area contributed by atoms with Crippen molar-refractivity contribution in [2.45, 2.75) is 90.4 Å². The second kappa shape index (κ2) is 18.7. The Labute approximate surface area is 135 Å². The Balaban J connectivity index is 2.88. The molecule has 0 aliphatic heterocycles. The third kappa shape index (κ3) is 18.7. The van der Waals surface area contributed by atoms with E-state index in [-0.39, 0.29) is 0 Å². The fourth-order valence-corrected chi connectivity index (χ4v) is 2.92. The van der Waals surface area contributed by atoms with E-state index < -0.39 is 0 Å². The van der Waals surface area contributed by atoms with E-state index in [1.165, 1.54) is 101 Å². The Kier molecular flexibility index (Phi) is 19.4. The van der Waals surface area contributed by atoms with Crippen LogP contribution in [0.15, 0.2) is 0 Å². The van der Waals surface area contributed by atoms with Crippen LogP contribution in [0.2, 0.25) is 0 Å². The summed E-state index contributed by atoms with van der Waals surface area (Å²) in [6, 6.07) is 0. The molecule has 0 radical (unpaired) electrons. The molecule has 2 heteroatoms. The minimum absolute atomic E-state index is 1.23. The quantitative estimate of drug-likeness (QED) is 0.193. The standard InChI is InChI=1S/C17H36IN/c1-2-3-4-5-6-7-8-9-10-13-16-19-17-14-11-12-15-18/h19H,2-17H2,1H3. The van der Waals surface area contributed by atoms with Crippen molar-refractivity contribution in [3.8, 4) is 0 Å². The molecule has 0 saturated heterocycles. The van der Waals surface area contributed by atoms with Gasteiger partial charge in [0.25, 0.3) is 0 Å². The van der Waals surface area contributed by atoms with Crippen LogP contribution < -0.4 is 5.32 Å². The summed E-state index contributed by atoms with van der Waals surface area (Å²) in [6.07, 6.45) is 18.5. The van der Waals surface area contributed by atoms with Gasteiger partial charge in [0, 0.05) is 0 Å². The SMILES string of the molecule is CCCCCCCCCCCCNCCCCCI. The maximum Gasteiger partial charge on any atom is -0.000472 e. The first-order chi connectivity index (χ1) is 9.41. The molecule has 19 heavy (non-hydrogen) atoms. The minimum atomic E-state index is 1.23. The van der Waals surface area contributed by atoms with Crippen molar-refractivity contribution in [1.29, 1.82) is 0 Å². The van der Waals surface area contributed by atoms with Gasteiger partial charge >= 0.3 is 0 Å². The summed E-state index contributed by atoms with van der Waals surface area (Å²) in [5.74, 6) is 0. The normalized spacial score (nSPS) is 11.1. The molecule has 0 heterocycles. The van der Waals surface area contributed by atoms with Gasteiger partial charge in [0.05, 0.1) is 0 Å². The molecule has 0 aliphatic rings. The molecule has 1 nitrogen and oxygen atoms in total. The maximum absolute atomic E-state index is 3.57. The fourth-order valence-electron chi connectivity index (χ4n) is 2.38. The van der Waals surface area contributed by atoms with Crippen molar-refractivity contribution in [3.63, 3.8) is 0 Å². The van der Waals surface area contributed by atoms with Crippen molar-refractivity contribution in [1.82, 2.24) is 5.32 Å². The van der Waals surface area contributed by atoms with Crippen molar-refractivity contribution < 1.29 is 0 Å². The van der Waals surface area contributed by atoms with Crippen LogP contribution in [-0.4, -0.2) is 17.5 Å². The smallest absolute Gasteiger partial charge is 0.000472 e. The van der Waals surface area contributed by atoms with Gasteiger partial charge in [0.2, 0.25) is 0 Å². The molecule has 0 saturated carbocycles. The molecule has 0 bridgehead atoms. The van der Waals surface area contributed by atoms with E-state index in [1.54, 1.807) is 0 Å². The molecule has 0 atom stereocenters. The molecule has 116 valence electrons. The summed E-state index contributed by atoms with van der Waals surface area (Å²) in [7, 11) is 0. The summed E-state index contributed by atoms with van der Waals surface area (Å²) < 4.78 is 1.32. The van der Waals surface area contributed by atoms with E-state index in [0.717, 1.165) is 0 Å². The summed E-state index contributed by atoms with van der Waals surface area (Å²) in [5, 5.41) is 3.57. The number of hydrogen-bond donors (Lipinski definition) is 1. The molecule has 0 aliphatic carbocycles. The van der Waals surface area contributed by atoms with Crippen LogP contribution in [-0.2, 0) is 0 Å². The van der Waals surface area contributed by atoms with Gasteiger partial charge in [-0.3, -0.25) is 0 Å². The minimum Gasteiger partial charge on any atom is -0.317 e. The summed E-state index contributed by atoms with van der Waals surface area (Å²) in [6.45, 7) is 4.76. The molecule has 1 N–H and O–H groups in total. The fraction of sp³-hybridized carbons (Fsp3) is 1.00. The first-order valence-electron chi connectivity index (χ1n) is 8.68. The predicted octanol–water partition coefficient (Wildman–Crippen LogP) is 6.10. The average Bonchev–Trinajstić information content (AvgIpc) is 2.43. The van der Waals surface area contributed by atoms with Gasteiger partial charge in [-0.2, -0.15) is 0 Å². The Morgan fingerprint density at radius 2 is 1.00 bits per heavy atom. The van der Waals surface area contributed by atoms with Crippen LogP contribution in [0, 0.1) is 0 Å². The van der Waals surface area contributed by atoms with Crippen molar-refractivity contribution in [3.05, 3.63) is 0 Å². The predicted molar refractivity (Wildman–Crippen MR) is 97.5 cm³/mol. The number of hydrogen-bond acceptors (Lipinski definition) is 1. The van der Waals surface area contributed by atoms with Gasteiger partial charge < -0.3 is 5.32 Å². The lowest BCUT2D eigenvalue weighted by Gasteiger charge is -2.04. The zero-order valence-corrected chi connectivity index (χ0v) is 15.3. The van der Waals surface area contributed by atoms with Gasteiger partial charge in [-0.15, -0.1) is 0 Å². The molecule has 0 spiro atoms. The summed E-state index contributed by atoms with van der Waals surface area (Å²) in [4.78, 5) is 0. The molecule has 0 fully saturated rings. The third-order valence-electron chi connectivity index (χ3n) is 3.69. The maximum atomic E-state index is 3.57. The monoisotopic (exact) mass is 381 g/mol. The molecule has 0 aromatic carbocycles. The lowest BCUT2D eigenvalue weighted by Crippen LogP contribution is -2.16. The van der Waals surface area contributed by atoms with E-state index in [2.05, 4.69) is 34.8 Å². The molecular weight excluding hydrogens is 345 g/mol. The lowest BCUT2D eigenvalue weighted by molar-refractivity contribution is 0.538. The highest BCUT2D eigenvalue weighted by atomic mass is 127. The Morgan fingerprint density at radius 1 is 0.579 bits per heavy atom. The zero-order chi connectivity index (χ0) is 14.0. The largest absolute Gasteiger partial charge is 0.317 e. The molecule has 0 rings (SSSR count). The second-order valence-electron chi connectivity index (χ2n) is 5.68. The number of unbranched alkanes of at least 4 members (excludes halogenated alkanes) is 11. The van der Waals surface area contributed by atoms with Gasteiger partial charge in [-0.1, -0.05) is 93.7 Å². The van der Waals surface area contributed by atoms with Crippen LogP contribution >= 0.6 is 22.6 Å². The van der Waals surface area contributed by atoms with E-state index in [1.807, 2.05) is 0 Å². The van der Waals surface area contributed by atoms with Gasteiger partial charge in [-0.25, -0.2) is 0 Å². The Bertz CT molecular complexity index is 134. The first-order valence-corrected chi connectivity index (χ1v) is 10.2. The number of nitrogens with one attached hydrogen (secondary N) is 1. The van der Waals surface area contributed by atoms with Gasteiger partial charge in [0.1, 0.15) is 0 Å². The van der Waals surface area contributed by atoms with Crippen LogP contribution in [0.25, 0.3) is 0 Å². The summed E-state index contributed by atoms with van der Waals surface area (Å²) in [5.41, 5.74) is 0. The van der Waals surface area contributed by atoms with E-state index in [4.69, 9.17) is 0 Å². The zero-order valence-electron chi connectivity index (χ0n) is 13.2. The number of rotatable bonds is 16. The van der Waals surface area contributed by atoms with Crippen LogP contribution in [0.3, 0.4) is 0 Å². The van der Waals surface area contributed by atoms with Crippen molar-refractivity contribution >= 4 is 22.6 Å². The summed E-state index contributed by atoms with van der Waals surface area (Å²) >= 11 is 2.47. The Hall–Kier alpha value is 0.690. The highest BCUT2D eigenvalue weighted by molar-refractivity contribution is 14.1. The average molecular weight is 381 g/mol. The van der Waals surface area contributed by atoms with E-state index in [9.17, 15) is 0 Å². The highest BCUT2D eigenvalue weighted by Crippen LogP contribution is 2.10. The van der Waals surface area contributed by atoms with Crippen molar-refractivity contribution in [2.75, 3.05) is 17.5 Å². The molecular formula is C17H36IN. The molecule has 0 unspecified atom stereocenters. The van der Waals surface area contributed by atoms with Crippen LogP contribution in [0.5, 0.6) is 0 Å². The topological polar surface area (TPSA) is 12.0 Å². The molecule has 0 aromatic rings. The van der Waals surface area contributed by atoms with E-state index >= 15 is 0 Å².